The monoisotopic (exact) mass is 353 g/mol. The van der Waals surface area contributed by atoms with Crippen LogP contribution in [0, 0.1) is 0 Å². The lowest BCUT2D eigenvalue weighted by Crippen LogP contribution is -2.24. The first-order valence-corrected chi connectivity index (χ1v) is 7.66. The molecule has 0 spiro atoms. The zero-order chi connectivity index (χ0) is 14.5. The van der Waals surface area contributed by atoms with Crippen molar-refractivity contribution in [3.05, 3.63) is 69.2 Å². The standard InChI is InChI=1S/C16H17BrClNO/c1-11(13-3-2-4-14(17)9-13)19-10-16(20)12-5-7-15(18)8-6-12/h2-9,11,16,19-20H,10H2,1H3/t11-,16?/m0/s1. The maximum Gasteiger partial charge on any atom is 0.0914 e. The average Bonchev–Trinajstić information content (AvgIpc) is 2.45. The van der Waals surface area contributed by atoms with Crippen LogP contribution in [0.3, 0.4) is 0 Å². The fourth-order valence-electron chi connectivity index (χ4n) is 1.98. The normalized spacial score (nSPS) is 14.0. The number of nitrogens with one attached hydrogen (secondary N) is 1. The van der Waals surface area contributed by atoms with E-state index in [-0.39, 0.29) is 6.04 Å². The molecule has 20 heavy (non-hydrogen) atoms. The van der Waals surface area contributed by atoms with Crippen LogP contribution >= 0.6 is 27.5 Å². The molecule has 0 fully saturated rings. The van der Waals surface area contributed by atoms with Crippen molar-refractivity contribution in [2.24, 2.45) is 0 Å². The molecule has 2 nitrogen and oxygen atoms in total. The maximum atomic E-state index is 10.1. The molecule has 2 aromatic rings. The van der Waals surface area contributed by atoms with Gasteiger partial charge in [-0.05, 0) is 42.3 Å². The van der Waals surface area contributed by atoms with E-state index in [1.807, 2.05) is 24.3 Å². The first kappa shape index (κ1) is 15.5. The number of halogens is 2. The second kappa shape index (κ2) is 7.23. The average molecular weight is 355 g/mol. The highest BCUT2D eigenvalue weighted by Gasteiger charge is 2.10. The molecule has 4 heteroatoms. The third-order valence-electron chi connectivity index (χ3n) is 3.22. The summed E-state index contributed by atoms with van der Waals surface area (Å²) in [4.78, 5) is 0. The number of rotatable bonds is 5. The van der Waals surface area contributed by atoms with Gasteiger partial charge in [-0.2, -0.15) is 0 Å². The molecule has 0 saturated carbocycles. The van der Waals surface area contributed by atoms with Gasteiger partial charge in [0.15, 0.2) is 0 Å². The second-order valence-corrected chi connectivity index (χ2v) is 6.10. The molecule has 2 rings (SSSR count). The molecule has 0 saturated heterocycles. The van der Waals surface area contributed by atoms with Crippen LogP contribution in [0.4, 0.5) is 0 Å². The molecule has 106 valence electrons. The Morgan fingerprint density at radius 3 is 2.50 bits per heavy atom. The molecule has 0 amide bonds. The quantitative estimate of drug-likeness (QED) is 0.829. The van der Waals surface area contributed by atoms with Crippen LogP contribution in [0.2, 0.25) is 5.02 Å². The van der Waals surface area contributed by atoms with Crippen LogP contribution in [0.5, 0.6) is 0 Å². The molecule has 1 unspecified atom stereocenters. The van der Waals surface area contributed by atoms with E-state index in [1.54, 1.807) is 12.1 Å². The Labute approximate surface area is 132 Å². The van der Waals surface area contributed by atoms with Gasteiger partial charge < -0.3 is 10.4 Å². The minimum atomic E-state index is -0.540. The Balaban J connectivity index is 1.93. The molecule has 2 N–H and O–H groups in total. The van der Waals surface area contributed by atoms with Crippen molar-refractivity contribution in [2.75, 3.05) is 6.54 Å². The summed E-state index contributed by atoms with van der Waals surface area (Å²) in [5, 5.41) is 14.2. The van der Waals surface area contributed by atoms with E-state index < -0.39 is 6.10 Å². The molecule has 2 aromatic carbocycles. The zero-order valence-corrected chi connectivity index (χ0v) is 13.5. The largest absolute Gasteiger partial charge is 0.387 e. The first-order valence-electron chi connectivity index (χ1n) is 6.48. The molecule has 0 bridgehead atoms. The smallest absolute Gasteiger partial charge is 0.0914 e. The molecule has 2 atom stereocenters. The van der Waals surface area contributed by atoms with Crippen LogP contribution in [0.25, 0.3) is 0 Å². The Morgan fingerprint density at radius 1 is 1.15 bits per heavy atom. The molecule has 0 aliphatic heterocycles. The molecular weight excluding hydrogens is 338 g/mol. The molecular formula is C16H17BrClNO. The highest BCUT2D eigenvalue weighted by atomic mass is 79.9. The fraction of sp³-hybridized carbons (Fsp3) is 0.250. The van der Waals surface area contributed by atoms with Gasteiger partial charge in [0.25, 0.3) is 0 Å². The van der Waals surface area contributed by atoms with Crippen molar-refractivity contribution in [3.63, 3.8) is 0 Å². The highest BCUT2D eigenvalue weighted by Crippen LogP contribution is 2.20. The Hall–Kier alpha value is -0.870. The minimum Gasteiger partial charge on any atom is -0.387 e. The number of aliphatic hydroxyl groups is 1. The molecule has 0 heterocycles. The van der Waals surface area contributed by atoms with Gasteiger partial charge in [-0.1, -0.05) is 51.8 Å². The van der Waals surface area contributed by atoms with Gasteiger partial charge in [0.2, 0.25) is 0 Å². The summed E-state index contributed by atoms with van der Waals surface area (Å²) in [6.45, 7) is 2.58. The van der Waals surface area contributed by atoms with Crippen molar-refractivity contribution in [1.29, 1.82) is 0 Å². The summed E-state index contributed by atoms with van der Waals surface area (Å²) < 4.78 is 1.06. The predicted molar refractivity (Wildman–Crippen MR) is 87.0 cm³/mol. The molecule has 0 aromatic heterocycles. The molecule has 0 aliphatic carbocycles. The third kappa shape index (κ3) is 4.32. The van der Waals surface area contributed by atoms with E-state index in [0.29, 0.717) is 11.6 Å². The van der Waals surface area contributed by atoms with Crippen molar-refractivity contribution in [2.45, 2.75) is 19.1 Å². The van der Waals surface area contributed by atoms with Gasteiger partial charge in [-0.15, -0.1) is 0 Å². The first-order chi connectivity index (χ1) is 9.56. The SMILES string of the molecule is C[C@H](NCC(O)c1ccc(Cl)cc1)c1cccc(Br)c1. The number of hydrogen-bond donors (Lipinski definition) is 2. The Bertz CT molecular complexity index is 559. The van der Waals surface area contributed by atoms with E-state index in [1.165, 1.54) is 5.56 Å². The van der Waals surface area contributed by atoms with Crippen LogP contribution in [-0.4, -0.2) is 11.7 Å². The summed E-state index contributed by atoms with van der Waals surface area (Å²) >= 11 is 9.30. The Kier molecular flexibility index (Phi) is 5.61. The van der Waals surface area contributed by atoms with Crippen LogP contribution in [0.1, 0.15) is 30.2 Å². The second-order valence-electron chi connectivity index (χ2n) is 4.75. The van der Waals surface area contributed by atoms with E-state index in [9.17, 15) is 5.11 Å². The van der Waals surface area contributed by atoms with Gasteiger partial charge in [0, 0.05) is 22.1 Å². The minimum absolute atomic E-state index is 0.175. The lowest BCUT2D eigenvalue weighted by atomic mass is 10.1. The predicted octanol–water partition coefficient (Wildman–Crippen LogP) is 4.49. The summed E-state index contributed by atoms with van der Waals surface area (Å²) in [5.74, 6) is 0. The third-order valence-corrected chi connectivity index (χ3v) is 3.97. The van der Waals surface area contributed by atoms with Gasteiger partial charge in [0.1, 0.15) is 0 Å². The van der Waals surface area contributed by atoms with Crippen molar-refractivity contribution in [3.8, 4) is 0 Å². The lowest BCUT2D eigenvalue weighted by molar-refractivity contribution is 0.171. The summed E-state index contributed by atoms with van der Waals surface area (Å²) in [7, 11) is 0. The van der Waals surface area contributed by atoms with Crippen molar-refractivity contribution in [1.82, 2.24) is 5.32 Å². The summed E-state index contributed by atoms with van der Waals surface area (Å²) in [5.41, 5.74) is 2.05. The number of hydrogen-bond acceptors (Lipinski definition) is 2. The number of benzene rings is 2. The van der Waals surface area contributed by atoms with E-state index in [0.717, 1.165) is 10.0 Å². The number of aliphatic hydroxyl groups excluding tert-OH is 1. The van der Waals surface area contributed by atoms with Gasteiger partial charge in [-0.3, -0.25) is 0 Å². The maximum absolute atomic E-state index is 10.1. The highest BCUT2D eigenvalue weighted by molar-refractivity contribution is 9.10. The van der Waals surface area contributed by atoms with Crippen LogP contribution < -0.4 is 5.32 Å². The van der Waals surface area contributed by atoms with Crippen LogP contribution in [0.15, 0.2) is 53.0 Å². The van der Waals surface area contributed by atoms with Crippen LogP contribution in [-0.2, 0) is 0 Å². The Morgan fingerprint density at radius 2 is 1.85 bits per heavy atom. The zero-order valence-electron chi connectivity index (χ0n) is 11.2. The van der Waals surface area contributed by atoms with Crippen molar-refractivity contribution < 1.29 is 5.11 Å². The summed E-state index contributed by atoms with van der Waals surface area (Å²) in [6.07, 6.45) is -0.540. The summed E-state index contributed by atoms with van der Waals surface area (Å²) in [6, 6.07) is 15.6. The van der Waals surface area contributed by atoms with Gasteiger partial charge >= 0.3 is 0 Å². The fourth-order valence-corrected chi connectivity index (χ4v) is 2.53. The van der Waals surface area contributed by atoms with Gasteiger partial charge in [-0.25, -0.2) is 0 Å². The van der Waals surface area contributed by atoms with E-state index in [4.69, 9.17) is 11.6 Å². The van der Waals surface area contributed by atoms with E-state index in [2.05, 4.69) is 40.3 Å². The molecule has 0 aliphatic rings. The lowest BCUT2D eigenvalue weighted by Gasteiger charge is -2.18. The van der Waals surface area contributed by atoms with Gasteiger partial charge in [0.05, 0.1) is 6.10 Å². The van der Waals surface area contributed by atoms with E-state index >= 15 is 0 Å². The van der Waals surface area contributed by atoms with Crippen molar-refractivity contribution >= 4 is 27.5 Å². The molecule has 0 radical (unpaired) electrons. The topological polar surface area (TPSA) is 32.3 Å².